The van der Waals surface area contributed by atoms with E-state index in [-0.39, 0.29) is 6.61 Å². The van der Waals surface area contributed by atoms with Crippen molar-refractivity contribution < 1.29 is 9.50 Å². The highest BCUT2D eigenvalue weighted by Crippen LogP contribution is 2.32. The van der Waals surface area contributed by atoms with Gasteiger partial charge in [0.05, 0.1) is 41.5 Å². The van der Waals surface area contributed by atoms with Gasteiger partial charge in [-0.1, -0.05) is 12.1 Å². The van der Waals surface area contributed by atoms with Gasteiger partial charge in [-0.3, -0.25) is 14.5 Å². The molecule has 0 bridgehead atoms. The zero-order valence-electron chi connectivity index (χ0n) is 16.3. The molecule has 1 aromatic carbocycles. The second-order valence-corrected chi connectivity index (χ2v) is 6.95. The molecule has 0 aliphatic carbocycles. The molecule has 31 heavy (non-hydrogen) atoms. The van der Waals surface area contributed by atoms with Crippen molar-refractivity contribution in [2.75, 3.05) is 5.73 Å². The summed E-state index contributed by atoms with van der Waals surface area (Å²) in [6.07, 6.45) is 4.44. The van der Waals surface area contributed by atoms with Gasteiger partial charge in [0.2, 0.25) is 0 Å². The first-order valence-electron chi connectivity index (χ1n) is 9.55. The topological polar surface area (TPSA) is 103 Å². The highest BCUT2D eigenvalue weighted by molar-refractivity contribution is 5.86. The van der Waals surface area contributed by atoms with Crippen LogP contribution in [0.3, 0.4) is 0 Å². The SMILES string of the molecule is Nc1ncccc1-c1nc2cnc(-c3ccc(F)cn3)cc2n1-c1ccc(CO)cc1. The molecule has 0 fully saturated rings. The van der Waals surface area contributed by atoms with Crippen molar-refractivity contribution in [1.29, 1.82) is 0 Å². The smallest absolute Gasteiger partial charge is 0.149 e. The number of aromatic nitrogens is 5. The Morgan fingerprint density at radius 3 is 2.45 bits per heavy atom. The number of aliphatic hydroxyl groups is 1. The van der Waals surface area contributed by atoms with Crippen LogP contribution in [0.4, 0.5) is 10.2 Å². The largest absolute Gasteiger partial charge is 0.392 e. The highest BCUT2D eigenvalue weighted by Gasteiger charge is 2.18. The second-order valence-electron chi connectivity index (χ2n) is 6.95. The molecule has 152 valence electrons. The van der Waals surface area contributed by atoms with Crippen LogP contribution in [0.5, 0.6) is 0 Å². The van der Waals surface area contributed by atoms with Crippen LogP contribution in [0.25, 0.3) is 39.5 Å². The Labute approximate surface area is 176 Å². The first-order valence-corrected chi connectivity index (χ1v) is 9.55. The summed E-state index contributed by atoms with van der Waals surface area (Å²) < 4.78 is 15.3. The van der Waals surface area contributed by atoms with E-state index in [2.05, 4.69) is 15.0 Å². The third-order valence-electron chi connectivity index (χ3n) is 4.99. The lowest BCUT2D eigenvalue weighted by molar-refractivity contribution is 0.282. The van der Waals surface area contributed by atoms with Gasteiger partial charge in [-0.25, -0.2) is 14.4 Å². The minimum atomic E-state index is -0.409. The van der Waals surface area contributed by atoms with E-state index in [1.54, 1.807) is 24.5 Å². The van der Waals surface area contributed by atoms with Crippen molar-refractivity contribution >= 4 is 16.9 Å². The Hall–Kier alpha value is -4.17. The average Bonchev–Trinajstić information content (AvgIpc) is 3.18. The van der Waals surface area contributed by atoms with Gasteiger partial charge in [-0.2, -0.15) is 0 Å². The van der Waals surface area contributed by atoms with Crippen molar-refractivity contribution in [3.05, 3.63) is 84.6 Å². The molecule has 5 rings (SSSR count). The lowest BCUT2D eigenvalue weighted by atomic mass is 10.2. The number of rotatable bonds is 4. The average molecular weight is 412 g/mol. The molecule has 4 aromatic heterocycles. The van der Waals surface area contributed by atoms with Gasteiger partial charge < -0.3 is 10.8 Å². The molecule has 0 unspecified atom stereocenters. The Morgan fingerprint density at radius 2 is 1.74 bits per heavy atom. The van der Waals surface area contributed by atoms with E-state index in [1.807, 2.05) is 41.0 Å². The van der Waals surface area contributed by atoms with Gasteiger partial charge in [-0.05, 0) is 48.0 Å². The number of fused-ring (bicyclic) bond motifs is 1. The van der Waals surface area contributed by atoms with Crippen LogP contribution in [-0.2, 0) is 6.61 Å². The van der Waals surface area contributed by atoms with Crippen molar-refractivity contribution in [2.45, 2.75) is 6.61 Å². The van der Waals surface area contributed by atoms with Crippen LogP contribution in [0.15, 0.2) is 73.2 Å². The number of anilines is 1. The van der Waals surface area contributed by atoms with E-state index in [4.69, 9.17) is 10.7 Å². The molecular weight excluding hydrogens is 395 g/mol. The maximum Gasteiger partial charge on any atom is 0.149 e. The Balaban J connectivity index is 1.77. The first-order chi connectivity index (χ1) is 15.1. The van der Waals surface area contributed by atoms with Crippen LogP contribution < -0.4 is 5.73 Å². The fourth-order valence-electron chi connectivity index (χ4n) is 3.45. The minimum Gasteiger partial charge on any atom is -0.392 e. The van der Waals surface area contributed by atoms with Gasteiger partial charge >= 0.3 is 0 Å². The number of nitrogen functional groups attached to an aromatic ring is 1. The maximum absolute atomic E-state index is 13.3. The molecule has 0 radical (unpaired) electrons. The number of hydrogen-bond acceptors (Lipinski definition) is 6. The number of nitrogens with two attached hydrogens (primary N) is 1. The van der Waals surface area contributed by atoms with E-state index in [0.717, 1.165) is 23.0 Å². The van der Waals surface area contributed by atoms with Crippen molar-refractivity contribution in [3.8, 4) is 28.5 Å². The molecule has 7 nitrogen and oxygen atoms in total. The number of imidazole rings is 1. The van der Waals surface area contributed by atoms with Crippen LogP contribution in [0.2, 0.25) is 0 Å². The normalized spacial score (nSPS) is 11.2. The highest BCUT2D eigenvalue weighted by atomic mass is 19.1. The third-order valence-corrected chi connectivity index (χ3v) is 4.99. The summed E-state index contributed by atoms with van der Waals surface area (Å²) in [5.74, 6) is 0.566. The minimum absolute atomic E-state index is 0.0440. The Kier molecular flexibility index (Phi) is 4.61. The summed E-state index contributed by atoms with van der Waals surface area (Å²) in [5, 5.41) is 9.40. The number of pyridine rings is 3. The predicted molar refractivity (Wildman–Crippen MR) is 116 cm³/mol. The number of benzene rings is 1. The molecule has 0 atom stereocenters. The molecule has 8 heteroatoms. The predicted octanol–water partition coefficient (Wildman–Crippen LogP) is 3.76. The van der Waals surface area contributed by atoms with Gasteiger partial charge in [0, 0.05) is 11.9 Å². The van der Waals surface area contributed by atoms with Crippen molar-refractivity contribution in [2.24, 2.45) is 0 Å². The summed E-state index contributed by atoms with van der Waals surface area (Å²) in [6.45, 7) is -0.0440. The van der Waals surface area contributed by atoms with Gasteiger partial charge in [0.25, 0.3) is 0 Å². The number of aliphatic hydroxyl groups excluding tert-OH is 1. The molecule has 0 saturated heterocycles. The molecule has 0 amide bonds. The second kappa shape index (κ2) is 7.58. The lowest BCUT2D eigenvalue weighted by Crippen LogP contribution is -2.01. The van der Waals surface area contributed by atoms with E-state index in [1.165, 1.54) is 6.07 Å². The third kappa shape index (κ3) is 3.38. The van der Waals surface area contributed by atoms with Gasteiger partial charge in [0.1, 0.15) is 23.0 Å². The standard InChI is InChI=1S/C23H17FN6O/c24-15-5-8-18(27-11-15)19-10-21-20(12-28-19)29-23(17-2-1-9-26-22(17)25)30(21)16-6-3-14(13-31)4-7-16/h1-12,31H,13H2,(H2,25,26). The van der Waals surface area contributed by atoms with E-state index in [9.17, 15) is 9.50 Å². The molecule has 3 N–H and O–H groups in total. The van der Waals surface area contributed by atoms with E-state index >= 15 is 0 Å². The fourth-order valence-corrected chi connectivity index (χ4v) is 3.45. The van der Waals surface area contributed by atoms with Crippen molar-refractivity contribution in [1.82, 2.24) is 24.5 Å². The maximum atomic E-state index is 13.3. The van der Waals surface area contributed by atoms with Crippen molar-refractivity contribution in [3.63, 3.8) is 0 Å². The van der Waals surface area contributed by atoms with Crippen LogP contribution in [0.1, 0.15) is 5.56 Å². The molecule has 0 aliphatic heterocycles. The lowest BCUT2D eigenvalue weighted by Gasteiger charge is -2.11. The number of nitrogens with zero attached hydrogens (tertiary/aromatic N) is 5. The van der Waals surface area contributed by atoms with Crippen LogP contribution in [0, 0.1) is 5.82 Å². The zero-order chi connectivity index (χ0) is 21.4. The summed E-state index contributed by atoms with van der Waals surface area (Å²) in [6, 6.07) is 16.0. The Morgan fingerprint density at radius 1 is 0.935 bits per heavy atom. The fraction of sp³-hybridized carbons (Fsp3) is 0.0435. The first kappa shape index (κ1) is 18.8. The van der Waals surface area contributed by atoms with Gasteiger partial charge in [0.15, 0.2) is 0 Å². The molecule has 5 aromatic rings. The van der Waals surface area contributed by atoms with E-state index in [0.29, 0.717) is 34.1 Å². The number of hydrogen-bond donors (Lipinski definition) is 2. The van der Waals surface area contributed by atoms with Crippen LogP contribution >= 0.6 is 0 Å². The molecule has 0 aliphatic rings. The molecule has 0 spiro atoms. The summed E-state index contributed by atoms with van der Waals surface area (Å²) in [5.41, 5.74) is 11.0. The van der Waals surface area contributed by atoms with Crippen LogP contribution in [-0.4, -0.2) is 29.6 Å². The summed E-state index contributed by atoms with van der Waals surface area (Å²) in [4.78, 5) is 17.5. The Bertz CT molecular complexity index is 1380. The van der Waals surface area contributed by atoms with E-state index < -0.39 is 5.82 Å². The molecule has 4 heterocycles. The molecular formula is C23H17FN6O. The van der Waals surface area contributed by atoms with Gasteiger partial charge in [-0.15, -0.1) is 0 Å². The monoisotopic (exact) mass is 412 g/mol. The zero-order valence-corrected chi connectivity index (χ0v) is 16.3. The number of halogens is 1. The quantitative estimate of drug-likeness (QED) is 0.466. The summed E-state index contributed by atoms with van der Waals surface area (Å²) in [7, 11) is 0. The summed E-state index contributed by atoms with van der Waals surface area (Å²) >= 11 is 0. The molecule has 0 saturated carbocycles.